The highest BCUT2D eigenvalue weighted by Crippen LogP contribution is 2.09. The lowest BCUT2D eigenvalue weighted by Gasteiger charge is -2.22. The van der Waals surface area contributed by atoms with E-state index in [1.54, 1.807) is 0 Å². The van der Waals surface area contributed by atoms with Gasteiger partial charge in [-0.25, -0.2) is 0 Å². The minimum absolute atomic E-state index is 0.336. The van der Waals surface area contributed by atoms with Gasteiger partial charge in [0.05, 0.1) is 0 Å². The first-order valence-corrected chi connectivity index (χ1v) is 5.93. The molecule has 0 aliphatic rings. The van der Waals surface area contributed by atoms with Gasteiger partial charge in [0.2, 0.25) is 5.91 Å². The number of nitrogens with zero attached hydrogens (tertiary/aromatic N) is 1. The van der Waals surface area contributed by atoms with Crippen molar-refractivity contribution in [2.75, 3.05) is 13.1 Å². The molecule has 14 heavy (non-hydrogen) atoms. The quantitative estimate of drug-likeness (QED) is 0.617. The number of hydrogen-bond acceptors (Lipinski definition) is 1. The predicted molar refractivity (Wildman–Crippen MR) is 61.2 cm³/mol. The van der Waals surface area contributed by atoms with Gasteiger partial charge < -0.3 is 4.90 Å². The second-order valence-electron chi connectivity index (χ2n) is 4.10. The average molecular weight is 199 g/mol. The molecule has 0 aliphatic carbocycles. The summed E-state index contributed by atoms with van der Waals surface area (Å²) in [5.74, 6) is 0.863. The van der Waals surface area contributed by atoms with Crippen LogP contribution in [0, 0.1) is 5.92 Å². The summed E-state index contributed by atoms with van der Waals surface area (Å²) in [6.45, 7) is 10.4. The third-order valence-electron chi connectivity index (χ3n) is 2.56. The van der Waals surface area contributed by atoms with Crippen molar-refractivity contribution in [1.29, 1.82) is 0 Å². The Kier molecular flexibility index (Phi) is 7.54. The van der Waals surface area contributed by atoms with Crippen molar-refractivity contribution in [3.05, 3.63) is 0 Å². The van der Waals surface area contributed by atoms with Crippen LogP contribution in [0.5, 0.6) is 0 Å². The third kappa shape index (κ3) is 5.25. The molecule has 2 nitrogen and oxygen atoms in total. The average Bonchev–Trinajstić information content (AvgIpc) is 2.17. The number of carbonyl (C=O) groups is 1. The minimum Gasteiger partial charge on any atom is -0.343 e. The van der Waals surface area contributed by atoms with Crippen LogP contribution in [0.25, 0.3) is 0 Å². The topological polar surface area (TPSA) is 20.3 Å². The minimum atomic E-state index is 0.336. The van der Waals surface area contributed by atoms with E-state index >= 15 is 0 Å². The first-order valence-electron chi connectivity index (χ1n) is 5.93. The molecule has 0 fully saturated rings. The van der Waals surface area contributed by atoms with Crippen molar-refractivity contribution in [3.63, 3.8) is 0 Å². The Morgan fingerprint density at radius 1 is 1.14 bits per heavy atom. The number of rotatable bonds is 7. The number of carbonyl (C=O) groups excluding carboxylic acids is 1. The van der Waals surface area contributed by atoms with Crippen LogP contribution < -0.4 is 0 Å². The van der Waals surface area contributed by atoms with Gasteiger partial charge in [-0.3, -0.25) is 4.79 Å². The van der Waals surface area contributed by atoms with Gasteiger partial charge in [-0.2, -0.15) is 0 Å². The van der Waals surface area contributed by atoms with E-state index in [9.17, 15) is 4.79 Å². The summed E-state index contributed by atoms with van der Waals surface area (Å²) in [5, 5.41) is 0. The number of hydrogen-bond donors (Lipinski definition) is 0. The number of amides is 1. The van der Waals surface area contributed by atoms with Crippen LogP contribution in [-0.4, -0.2) is 23.9 Å². The summed E-state index contributed by atoms with van der Waals surface area (Å²) < 4.78 is 0. The monoisotopic (exact) mass is 199 g/mol. The van der Waals surface area contributed by atoms with Crippen molar-refractivity contribution < 1.29 is 4.79 Å². The lowest BCUT2D eigenvalue weighted by Crippen LogP contribution is -2.33. The van der Waals surface area contributed by atoms with Crippen LogP contribution in [0.3, 0.4) is 0 Å². The summed E-state index contributed by atoms with van der Waals surface area (Å²) in [6.07, 6.45) is 3.94. The molecule has 0 aromatic rings. The molecular formula is C12H25NO. The van der Waals surface area contributed by atoms with E-state index in [-0.39, 0.29) is 0 Å². The highest BCUT2D eigenvalue weighted by atomic mass is 16.2. The van der Waals surface area contributed by atoms with E-state index in [1.165, 1.54) is 0 Å². The Morgan fingerprint density at radius 2 is 1.64 bits per heavy atom. The molecule has 0 spiro atoms. The third-order valence-corrected chi connectivity index (χ3v) is 2.56. The van der Waals surface area contributed by atoms with Gasteiger partial charge in [0.25, 0.3) is 0 Å². The van der Waals surface area contributed by atoms with E-state index in [1.807, 2.05) is 4.90 Å². The van der Waals surface area contributed by atoms with E-state index in [2.05, 4.69) is 27.7 Å². The zero-order chi connectivity index (χ0) is 11.0. The van der Waals surface area contributed by atoms with E-state index in [4.69, 9.17) is 0 Å². The standard InChI is InChI=1S/C12H25NO/c1-5-8-13(9-6-2)12(14)10-11(4)7-3/h11H,5-10H2,1-4H3. The van der Waals surface area contributed by atoms with Crippen molar-refractivity contribution in [3.8, 4) is 0 Å². The molecule has 0 rings (SSSR count). The molecule has 0 saturated carbocycles. The fourth-order valence-electron chi connectivity index (χ4n) is 1.47. The molecule has 1 unspecified atom stereocenters. The Balaban J connectivity index is 4.00. The maximum Gasteiger partial charge on any atom is 0.222 e. The maximum atomic E-state index is 11.8. The molecule has 84 valence electrons. The second kappa shape index (κ2) is 7.84. The fraction of sp³-hybridized carbons (Fsp3) is 0.917. The molecule has 0 aromatic carbocycles. The van der Waals surface area contributed by atoms with E-state index in [0.717, 1.165) is 38.8 Å². The van der Waals surface area contributed by atoms with Crippen LogP contribution >= 0.6 is 0 Å². The Hall–Kier alpha value is -0.530. The molecule has 0 saturated heterocycles. The van der Waals surface area contributed by atoms with E-state index in [0.29, 0.717) is 11.8 Å². The molecule has 0 aliphatic heterocycles. The van der Waals surface area contributed by atoms with Gasteiger partial charge in [-0.1, -0.05) is 34.1 Å². The van der Waals surface area contributed by atoms with Crippen LogP contribution in [0.15, 0.2) is 0 Å². The first kappa shape index (κ1) is 13.5. The van der Waals surface area contributed by atoms with Crippen molar-refractivity contribution >= 4 is 5.91 Å². The van der Waals surface area contributed by atoms with Gasteiger partial charge >= 0.3 is 0 Å². The van der Waals surface area contributed by atoms with Crippen LogP contribution in [0.1, 0.15) is 53.4 Å². The summed E-state index contributed by atoms with van der Waals surface area (Å²) in [5.41, 5.74) is 0. The molecule has 0 N–H and O–H groups in total. The van der Waals surface area contributed by atoms with E-state index < -0.39 is 0 Å². The smallest absolute Gasteiger partial charge is 0.222 e. The zero-order valence-electron chi connectivity index (χ0n) is 10.2. The molecule has 1 atom stereocenters. The van der Waals surface area contributed by atoms with Crippen LogP contribution in [0.4, 0.5) is 0 Å². The summed E-state index contributed by atoms with van der Waals surface area (Å²) in [7, 11) is 0. The molecule has 0 radical (unpaired) electrons. The normalized spacial score (nSPS) is 12.6. The predicted octanol–water partition coefficient (Wildman–Crippen LogP) is 3.07. The van der Waals surface area contributed by atoms with Crippen molar-refractivity contribution in [2.45, 2.75) is 53.4 Å². The van der Waals surface area contributed by atoms with Gasteiger partial charge in [0, 0.05) is 19.5 Å². The molecule has 0 heterocycles. The van der Waals surface area contributed by atoms with Crippen molar-refractivity contribution in [1.82, 2.24) is 4.90 Å². The Labute approximate surface area is 88.7 Å². The molecule has 1 amide bonds. The molecule has 0 bridgehead atoms. The van der Waals surface area contributed by atoms with Crippen molar-refractivity contribution in [2.24, 2.45) is 5.92 Å². The highest BCUT2D eigenvalue weighted by molar-refractivity contribution is 5.76. The zero-order valence-corrected chi connectivity index (χ0v) is 10.2. The lowest BCUT2D eigenvalue weighted by atomic mass is 10.0. The molecule has 0 aromatic heterocycles. The van der Waals surface area contributed by atoms with Gasteiger partial charge in [-0.15, -0.1) is 0 Å². The molecule has 2 heteroatoms. The maximum absolute atomic E-state index is 11.8. The van der Waals surface area contributed by atoms with Gasteiger partial charge in [0.1, 0.15) is 0 Å². The van der Waals surface area contributed by atoms with Crippen LogP contribution in [-0.2, 0) is 4.79 Å². The largest absolute Gasteiger partial charge is 0.343 e. The lowest BCUT2D eigenvalue weighted by molar-refractivity contribution is -0.132. The fourth-order valence-corrected chi connectivity index (χ4v) is 1.47. The van der Waals surface area contributed by atoms with Gasteiger partial charge in [-0.05, 0) is 18.8 Å². The Morgan fingerprint density at radius 3 is 2.00 bits per heavy atom. The first-order chi connectivity index (χ1) is 6.65. The van der Waals surface area contributed by atoms with Crippen LogP contribution in [0.2, 0.25) is 0 Å². The Bertz CT molecular complexity index is 150. The second-order valence-corrected chi connectivity index (χ2v) is 4.10. The summed E-state index contributed by atoms with van der Waals surface area (Å²) in [6, 6.07) is 0. The SMILES string of the molecule is CCCN(CCC)C(=O)CC(C)CC. The summed E-state index contributed by atoms with van der Waals surface area (Å²) >= 11 is 0. The molecular weight excluding hydrogens is 174 g/mol. The van der Waals surface area contributed by atoms with Gasteiger partial charge in [0.15, 0.2) is 0 Å². The highest BCUT2D eigenvalue weighted by Gasteiger charge is 2.13. The summed E-state index contributed by atoms with van der Waals surface area (Å²) in [4.78, 5) is 13.8.